The molecule has 7 heteroatoms. The highest BCUT2D eigenvalue weighted by molar-refractivity contribution is 6.31. The molecular weight excluding hydrogens is 299 g/mol. The molecule has 1 atom stereocenters. The zero-order chi connectivity index (χ0) is 15.4. The Balaban J connectivity index is 2.26. The fourth-order valence-electron chi connectivity index (χ4n) is 2.22. The van der Waals surface area contributed by atoms with Crippen LogP contribution in [0.15, 0.2) is 18.2 Å². The van der Waals surface area contributed by atoms with Crippen LogP contribution < -0.4 is 5.32 Å². The van der Waals surface area contributed by atoms with Crippen molar-refractivity contribution >= 4 is 23.5 Å². The van der Waals surface area contributed by atoms with Crippen LogP contribution in [-0.4, -0.2) is 49.1 Å². The van der Waals surface area contributed by atoms with E-state index < -0.39 is 23.7 Å². The fraction of sp³-hybridized carbons (Fsp3) is 0.429. The van der Waals surface area contributed by atoms with Crippen LogP contribution in [0.5, 0.6) is 0 Å². The van der Waals surface area contributed by atoms with Crippen molar-refractivity contribution in [2.24, 2.45) is 0 Å². The first-order valence-corrected chi connectivity index (χ1v) is 7.06. The summed E-state index contributed by atoms with van der Waals surface area (Å²) in [5, 5.41) is 2.90. The summed E-state index contributed by atoms with van der Waals surface area (Å²) in [6, 6.07) is 3.46. The molecule has 0 aliphatic carbocycles. The van der Waals surface area contributed by atoms with Gasteiger partial charge in [0.1, 0.15) is 6.04 Å². The molecular formula is C14H16ClFN2O3. The van der Waals surface area contributed by atoms with Gasteiger partial charge in [-0.1, -0.05) is 17.7 Å². The first kappa shape index (κ1) is 15.7. The summed E-state index contributed by atoms with van der Waals surface area (Å²) in [4.78, 5) is 25.7. The highest BCUT2D eigenvalue weighted by Gasteiger charge is 2.34. The average molecular weight is 315 g/mol. The number of hydrogen-bond acceptors (Lipinski definition) is 4. The number of benzene rings is 1. The number of carbonyl (C=O) groups excluding carboxylic acids is 2. The topological polar surface area (TPSA) is 58.6 Å². The number of hydrogen-bond donors (Lipinski definition) is 1. The summed E-state index contributed by atoms with van der Waals surface area (Å²) in [5.74, 6) is -1.83. The minimum atomic E-state index is -0.773. The van der Waals surface area contributed by atoms with E-state index in [4.69, 9.17) is 16.3 Å². The van der Waals surface area contributed by atoms with Crippen LogP contribution in [0.3, 0.4) is 0 Å². The van der Waals surface area contributed by atoms with Gasteiger partial charge in [0.25, 0.3) is 5.91 Å². The minimum Gasteiger partial charge on any atom is -0.464 e. The van der Waals surface area contributed by atoms with Crippen LogP contribution in [0.25, 0.3) is 0 Å². The summed E-state index contributed by atoms with van der Waals surface area (Å²) in [6.45, 7) is 3.03. The molecule has 1 heterocycles. The van der Waals surface area contributed by atoms with Crippen LogP contribution in [-0.2, 0) is 9.53 Å². The Morgan fingerprint density at radius 2 is 2.29 bits per heavy atom. The van der Waals surface area contributed by atoms with E-state index in [-0.39, 0.29) is 23.7 Å². The largest absolute Gasteiger partial charge is 0.464 e. The Hall–Kier alpha value is -1.66. The number of halogens is 2. The van der Waals surface area contributed by atoms with E-state index in [1.54, 1.807) is 6.92 Å². The predicted octanol–water partition coefficient (Wildman–Crippen LogP) is 1.46. The van der Waals surface area contributed by atoms with E-state index in [0.29, 0.717) is 13.1 Å². The Kier molecular flexibility index (Phi) is 5.14. The van der Waals surface area contributed by atoms with Gasteiger partial charge in [-0.2, -0.15) is 0 Å². The first-order valence-electron chi connectivity index (χ1n) is 6.68. The van der Waals surface area contributed by atoms with Gasteiger partial charge in [-0.15, -0.1) is 0 Å². The second kappa shape index (κ2) is 6.87. The highest BCUT2D eigenvalue weighted by Crippen LogP contribution is 2.20. The Morgan fingerprint density at radius 3 is 3.00 bits per heavy atom. The van der Waals surface area contributed by atoms with Crippen molar-refractivity contribution in [2.45, 2.75) is 13.0 Å². The van der Waals surface area contributed by atoms with E-state index in [1.807, 2.05) is 0 Å². The molecule has 1 unspecified atom stereocenters. The third-order valence-electron chi connectivity index (χ3n) is 3.24. The molecule has 1 N–H and O–H groups in total. The fourth-order valence-corrected chi connectivity index (χ4v) is 2.39. The number of esters is 1. The van der Waals surface area contributed by atoms with Gasteiger partial charge < -0.3 is 15.0 Å². The average Bonchev–Trinajstić information content (AvgIpc) is 2.49. The lowest BCUT2D eigenvalue weighted by Crippen LogP contribution is -2.57. The minimum absolute atomic E-state index is 0.122. The predicted molar refractivity (Wildman–Crippen MR) is 75.7 cm³/mol. The molecule has 1 aliphatic rings. The zero-order valence-electron chi connectivity index (χ0n) is 11.6. The third-order valence-corrected chi connectivity index (χ3v) is 3.54. The Labute approximate surface area is 127 Å². The summed E-state index contributed by atoms with van der Waals surface area (Å²) in [7, 11) is 0. The van der Waals surface area contributed by atoms with Crippen molar-refractivity contribution in [2.75, 3.05) is 26.2 Å². The van der Waals surface area contributed by atoms with Crippen LogP contribution >= 0.6 is 11.6 Å². The lowest BCUT2D eigenvalue weighted by molar-refractivity contribution is -0.149. The summed E-state index contributed by atoms with van der Waals surface area (Å²) in [5.41, 5.74) is -0.140. The molecule has 0 saturated carbocycles. The normalized spacial score (nSPS) is 18.4. The monoisotopic (exact) mass is 314 g/mol. The summed E-state index contributed by atoms with van der Waals surface area (Å²) in [6.07, 6.45) is 0. The summed E-state index contributed by atoms with van der Waals surface area (Å²) < 4.78 is 18.9. The van der Waals surface area contributed by atoms with Gasteiger partial charge in [0.05, 0.1) is 17.2 Å². The van der Waals surface area contributed by atoms with E-state index in [0.717, 1.165) is 0 Å². The molecule has 114 valence electrons. The van der Waals surface area contributed by atoms with Gasteiger partial charge in [0, 0.05) is 19.6 Å². The maximum atomic E-state index is 14.0. The van der Waals surface area contributed by atoms with Crippen molar-refractivity contribution in [3.8, 4) is 0 Å². The van der Waals surface area contributed by atoms with Crippen LogP contribution in [0.4, 0.5) is 4.39 Å². The number of piperazine rings is 1. The second-order valence-electron chi connectivity index (χ2n) is 4.57. The number of carbonyl (C=O) groups is 2. The van der Waals surface area contributed by atoms with Gasteiger partial charge in [-0.05, 0) is 19.1 Å². The van der Waals surface area contributed by atoms with E-state index in [2.05, 4.69) is 5.32 Å². The Bertz CT molecular complexity index is 553. The smallest absolute Gasteiger partial charge is 0.330 e. The zero-order valence-corrected chi connectivity index (χ0v) is 12.3. The molecule has 0 aromatic heterocycles. The molecule has 1 aliphatic heterocycles. The SMILES string of the molecule is CCOC(=O)C1CNCCN1C(=O)c1cccc(Cl)c1F. The quantitative estimate of drug-likeness (QED) is 0.858. The van der Waals surface area contributed by atoms with Crippen LogP contribution in [0, 0.1) is 5.82 Å². The molecule has 1 amide bonds. The molecule has 1 aromatic rings. The molecule has 2 rings (SSSR count). The number of nitrogens with one attached hydrogen (secondary N) is 1. The van der Waals surface area contributed by atoms with Gasteiger partial charge in [-0.25, -0.2) is 9.18 Å². The van der Waals surface area contributed by atoms with E-state index in [1.165, 1.54) is 23.1 Å². The lowest BCUT2D eigenvalue weighted by atomic mass is 10.1. The van der Waals surface area contributed by atoms with Gasteiger partial charge in [-0.3, -0.25) is 4.79 Å². The van der Waals surface area contributed by atoms with Crippen molar-refractivity contribution in [3.63, 3.8) is 0 Å². The van der Waals surface area contributed by atoms with Gasteiger partial charge in [0.2, 0.25) is 0 Å². The molecule has 1 fully saturated rings. The number of ether oxygens (including phenoxy) is 1. The van der Waals surface area contributed by atoms with Crippen molar-refractivity contribution in [1.82, 2.24) is 10.2 Å². The maximum Gasteiger partial charge on any atom is 0.330 e. The number of rotatable bonds is 3. The van der Waals surface area contributed by atoms with Crippen molar-refractivity contribution < 1.29 is 18.7 Å². The second-order valence-corrected chi connectivity index (χ2v) is 4.98. The maximum absolute atomic E-state index is 14.0. The molecule has 1 aromatic carbocycles. The molecule has 1 saturated heterocycles. The lowest BCUT2D eigenvalue weighted by Gasteiger charge is -2.34. The van der Waals surface area contributed by atoms with Gasteiger partial charge >= 0.3 is 5.97 Å². The molecule has 5 nitrogen and oxygen atoms in total. The number of amides is 1. The Morgan fingerprint density at radius 1 is 1.52 bits per heavy atom. The first-order chi connectivity index (χ1) is 10.1. The third kappa shape index (κ3) is 3.33. The van der Waals surface area contributed by atoms with Crippen LogP contribution in [0.2, 0.25) is 5.02 Å². The highest BCUT2D eigenvalue weighted by atomic mass is 35.5. The molecule has 0 spiro atoms. The van der Waals surface area contributed by atoms with Gasteiger partial charge in [0.15, 0.2) is 5.82 Å². The van der Waals surface area contributed by atoms with Crippen molar-refractivity contribution in [3.05, 3.63) is 34.6 Å². The van der Waals surface area contributed by atoms with Crippen LogP contribution in [0.1, 0.15) is 17.3 Å². The van der Waals surface area contributed by atoms with E-state index in [9.17, 15) is 14.0 Å². The molecule has 0 radical (unpaired) electrons. The molecule has 0 bridgehead atoms. The molecule has 21 heavy (non-hydrogen) atoms. The standard InChI is InChI=1S/C14H16ClFN2O3/c1-2-21-14(20)11-8-17-6-7-18(11)13(19)9-4-3-5-10(15)12(9)16/h3-5,11,17H,2,6-8H2,1H3. The van der Waals surface area contributed by atoms with Crippen molar-refractivity contribution in [1.29, 1.82) is 0 Å². The summed E-state index contributed by atoms with van der Waals surface area (Å²) >= 11 is 5.70. The van der Waals surface area contributed by atoms with E-state index >= 15 is 0 Å². The number of nitrogens with zero attached hydrogens (tertiary/aromatic N) is 1.